The Morgan fingerprint density at radius 2 is 2.16 bits per heavy atom. The maximum atomic E-state index is 12.6. The highest BCUT2D eigenvalue weighted by Crippen LogP contribution is 2.20. The van der Waals surface area contributed by atoms with Gasteiger partial charge in [0.15, 0.2) is 4.80 Å². The van der Waals surface area contributed by atoms with Gasteiger partial charge in [0.1, 0.15) is 0 Å². The Bertz CT molecular complexity index is 1040. The molecule has 3 rings (SSSR count). The average molecular weight is 367 g/mol. The van der Waals surface area contributed by atoms with Crippen LogP contribution in [-0.2, 0) is 13.0 Å². The highest BCUT2D eigenvalue weighted by Gasteiger charge is 2.09. The summed E-state index contributed by atoms with van der Waals surface area (Å²) in [6.07, 6.45) is 8.47. The van der Waals surface area contributed by atoms with E-state index in [4.69, 9.17) is 6.42 Å². The number of benzene rings is 2. The van der Waals surface area contributed by atoms with Crippen molar-refractivity contribution in [3.8, 4) is 12.3 Å². The number of hydrogen-bond donors (Lipinski definition) is 0. The molecular formula is C20H18N2OS2. The molecule has 0 unspecified atom stereocenters. The highest BCUT2D eigenvalue weighted by molar-refractivity contribution is 7.98. The summed E-state index contributed by atoms with van der Waals surface area (Å²) in [6.45, 7) is 2.51. The van der Waals surface area contributed by atoms with Crippen molar-refractivity contribution in [1.29, 1.82) is 0 Å². The molecule has 1 aromatic heterocycles. The highest BCUT2D eigenvalue weighted by atomic mass is 32.2. The van der Waals surface area contributed by atoms with Crippen LogP contribution in [0.5, 0.6) is 0 Å². The molecule has 3 nitrogen and oxygen atoms in total. The number of hydrogen-bond acceptors (Lipinski definition) is 3. The standard InChI is InChI=1S/C20H18N2OS2/c1-4-11-22-17-10-9-14(5-2)12-18(17)25-20(22)21-19(23)15-7-6-8-16(13-15)24-3/h1,6-10,12-13H,5,11H2,2-3H3. The second-order valence-electron chi connectivity index (χ2n) is 5.48. The van der Waals surface area contributed by atoms with Gasteiger partial charge < -0.3 is 4.57 Å². The Labute approximate surface area is 155 Å². The second kappa shape index (κ2) is 7.73. The Morgan fingerprint density at radius 3 is 2.88 bits per heavy atom. The number of thioether (sulfide) groups is 1. The van der Waals surface area contributed by atoms with Gasteiger partial charge in [-0.3, -0.25) is 4.79 Å². The van der Waals surface area contributed by atoms with Crippen LogP contribution >= 0.6 is 23.1 Å². The van der Waals surface area contributed by atoms with Crippen molar-refractivity contribution in [2.24, 2.45) is 4.99 Å². The maximum Gasteiger partial charge on any atom is 0.279 e. The molecule has 0 N–H and O–H groups in total. The first-order valence-electron chi connectivity index (χ1n) is 7.95. The lowest BCUT2D eigenvalue weighted by Gasteiger charge is -2.01. The predicted molar refractivity (Wildman–Crippen MR) is 106 cm³/mol. The number of fused-ring (bicyclic) bond motifs is 1. The van der Waals surface area contributed by atoms with Crippen molar-refractivity contribution in [3.63, 3.8) is 0 Å². The predicted octanol–water partition coefficient (Wildman–Crippen LogP) is 4.36. The van der Waals surface area contributed by atoms with E-state index in [-0.39, 0.29) is 5.91 Å². The number of carbonyl (C=O) groups is 1. The maximum absolute atomic E-state index is 12.6. The summed E-state index contributed by atoms with van der Waals surface area (Å²) in [5.74, 6) is 2.41. The molecule has 0 aliphatic rings. The van der Waals surface area contributed by atoms with Crippen LogP contribution in [0.15, 0.2) is 52.4 Å². The van der Waals surface area contributed by atoms with Gasteiger partial charge in [-0.25, -0.2) is 0 Å². The molecule has 0 atom stereocenters. The summed E-state index contributed by atoms with van der Waals surface area (Å²) in [4.78, 5) is 18.6. The number of amides is 1. The molecule has 0 fully saturated rings. The summed E-state index contributed by atoms with van der Waals surface area (Å²) < 4.78 is 3.02. The quantitative estimate of drug-likeness (QED) is 0.508. The lowest BCUT2D eigenvalue weighted by molar-refractivity contribution is 0.0997. The summed E-state index contributed by atoms with van der Waals surface area (Å²) in [5, 5.41) is 0. The summed E-state index contributed by atoms with van der Waals surface area (Å²) >= 11 is 3.10. The first kappa shape index (κ1) is 17.5. The number of nitrogens with zero attached hydrogens (tertiary/aromatic N) is 2. The molecule has 25 heavy (non-hydrogen) atoms. The van der Waals surface area contributed by atoms with E-state index in [0.717, 1.165) is 21.5 Å². The van der Waals surface area contributed by atoms with E-state index in [2.05, 4.69) is 36.0 Å². The Kier molecular flexibility index (Phi) is 5.42. The summed E-state index contributed by atoms with van der Waals surface area (Å²) in [7, 11) is 0. The van der Waals surface area contributed by atoms with Crippen LogP contribution in [0, 0.1) is 12.3 Å². The smallest absolute Gasteiger partial charge is 0.279 e. The van der Waals surface area contributed by atoms with Crippen LogP contribution in [0.3, 0.4) is 0 Å². The topological polar surface area (TPSA) is 34.4 Å². The van der Waals surface area contributed by atoms with Crippen molar-refractivity contribution in [2.45, 2.75) is 24.8 Å². The van der Waals surface area contributed by atoms with E-state index in [1.807, 2.05) is 29.0 Å². The molecule has 5 heteroatoms. The largest absolute Gasteiger partial charge is 0.305 e. The number of carbonyl (C=O) groups excluding carboxylic acids is 1. The zero-order chi connectivity index (χ0) is 17.8. The number of rotatable bonds is 4. The van der Waals surface area contributed by atoms with Crippen molar-refractivity contribution in [3.05, 3.63) is 58.4 Å². The molecule has 0 aliphatic carbocycles. The van der Waals surface area contributed by atoms with Crippen LogP contribution < -0.4 is 4.80 Å². The minimum atomic E-state index is -0.246. The Hall–Kier alpha value is -2.29. The SMILES string of the molecule is C#CCn1c(=NC(=O)c2cccc(SC)c2)sc2cc(CC)ccc21. The first-order chi connectivity index (χ1) is 12.2. The third kappa shape index (κ3) is 3.71. The summed E-state index contributed by atoms with van der Waals surface area (Å²) in [6, 6.07) is 13.8. The fourth-order valence-electron chi connectivity index (χ4n) is 2.57. The zero-order valence-corrected chi connectivity index (χ0v) is 15.8. The number of aromatic nitrogens is 1. The first-order valence-corrected chi connectivity index (χ1v) is 9.99. The minimum Gasteiger partial charge on any atom is -0.305 e. The molecule has 0 spiro atoms. The van der Waals surface area contributed by atoms with Gasteiger partial charge in [0.2, 0.25) is 0 Å². The van der Waals surface area contributed by atoms with Crippen LogP contribution in [0.1, 0.15) is 22.8 Å². The van der Waals surface area contributed by atoms with Crippen LogP contribution in [0.4, 0.5) is 0 Å². The third-order valence-corrected chi connectivity index (χ3v) is 5.69. The van der Waals surface area contributed by atoms with Crippen LogP contribution in [-0.4, -0.2) is 16.7 Å². The third-order valence-electron chi connectivity index (χ3n) is 3.92. The number of aryl methyl sites for hydroxylation is 1. The van der Waals surface area contributed by atoms with Gasteiger partial charge in [0, 0.05) is 10.5 Å². The van der Waals surface area contributed by atoms with Gasteiger partial charge in [0.05, 0.1) is 16.8 Å². The van der Waals surface area contributed by atoms with E-state index >= 15 is 0 Å². The molecule has 1 heterocycles. The van der Waals surface area contributed by atoms with Gasteiger partial charge in [-0.15, -0.1) is 18.2 Å². The molecule has 0 radical (unpaired) electrons. The van der Waals surface area contributed by atoms with Gasteiger partial charge in [-0.05, 0) is 48.6 Å². The minimum absolute atomic E-state index is 0.246. The Balaban J connectivity index is 2.12. The van der Waals surface area contributed by atoms with E-state index in [0.29, 0.717) is 16.9 Å². The molecule has 126 valence electrons. The molecule has 1 amide bonds. The van der Waals surface area contributed by atoms with Gasteiger partial charge in [0.25, 0.3) is 5.91 Å². The van der Waals surface area contributed by atoms with Crippen LogP contribution in [0.25, 0.3) is 10.2 Å². The average Bonchev–Trinajstić information content (AvgIpc) is 2.98. The Morgan fingerprint density at radius 1 is 1.32 bits per heavy atom. The summed E-state index contributed by atoms with van der Waals surface area (Å²) in [5.41, 5.74) is 2.86. The fourth-order valence-corrected chi connectivity index (χ4v) is 4.13. The van der Waals surface area contributed by atoms with Gasteiger partial charge in [-0.2, -0.15) is 4.99 Å². The van der Waals surface area contributed by atoms with Crippen molar-refractivity contribution < 1.29 is 4.79 Å². The van der Waals surface area contributed by atoms with E-state index in [1.54, 1.807) is 17.8 Å². The molecular weight excluding hydrogens is 348 g/mol. The van der Waals surface area contributed by atoms with Gasteiger partial charge >= 0.3 is 0 Å². The molecule has 3 aromatic rings. The normalized spacial score (nSPS) is 11.6. The van der Waals surface area contributed by atoms with E-state index in [1.165, 1.54) is 16.9 Å². The number of thiazole rings is 1. The molecule has 0 saturated heterocycles. The van der Waals surface area contributed by atoms with Crippen molar-refractivity contribution in [1.82, 2.24) is 4.57 Å². The molecule has 0 aliphatic heterocycles. The lowest BCUT2D eigenvalue weighted by atomic mass is 10.2. The van der Waals surface area contributed by atoms with Crippen molar-refractivity contribution in [2.75, 3.05) is 6.26 Å². The van der Waals surface area contributed by atoms with Crippen LogP contribution in [0.2, 0.25) is 0 Å². The molecule has 0 bridgehead atoms. The number of terminal acetylenes is 1. The lowest BCUT2D eigenvalue weighted by Crippen LogP contribution is -2.16. The van der Waals surface area contributed by atoms with Crippen molar-refractivity contribution >= 4 is 39.2 Å². The van der Waals surface area contributed by atoms with E-state index in [9.17, 15) is 4.79 Å². The van der Waals surface area contributed by atoms with Gasteiger partial charge in [-0.1, -0.05) is 36.3 Å². The monoisotopic (exact) mass is 366 g/mol. The molecule has 2 aromatic carbocycles. The fraction of sp³-hybridized carbons (Fsp3) is 0.200. The second-order valence-corrected chi connectivity index (χ2v) is 7.37. The zero-order valence-electron chi connectivity index (χ0n) is 14.2. The van der Waals surface area contributed by atoms with E-state index < -0.39 is 0 Å². The molecule has 0 saturated carbocycles.